The molecule has 0 aromatic rings. The van der Waals surface area contributed by atoms with Crippen molar-refractivity contribution in [2.45, 2.75) is 76.4 Å². The summed E-state index contributed by atoms with van der Waals surface area (Å²) in [7, 11) is 0. The zero-order valence-corrected chi connectivity index (χ0v) is 13.6. The van der Waals surface area contributed by atoms with Crippen molar-refractivity contribution in [3.05, 3.63) is 0 Å². The summed E-state index contributed by atoms with van der Waals surface area (Å²) in [4.78, 5) is 0. The minimum absolute atomic E-state index is 0.0886. The molecule has 0 aromatic heterocycles. The van der Waals surface area contributed by atoms with E-state index < -0.39 is 17.9 Å². The molecule has 0 amide bonds. The van der Waals surface area contributed by atoms with Gasteiger partial charge in [0.2, 0.25) is 0 Å². The Hall–Kier alpha value is -0.280. The number of fused-ring (bicyclic) bond motifs is 1. The predicted octanol–water partition coefficient (Wildman–Crippen LogP) is 0.782. The van der Waals surface area contributed by atoms with Gasteiger partial charge in [-0.25, -0.2) is 0 Å². The van der Waals surface area contributed by atoms with Crippen molar-refractivity contribution in [3.8, 4) is 0 Å². The Morgan fingerprint density at radius 2 is 1.82 bits per heavy atom. The Labute approximate surface area is 130 Å². The number of hydrogen-bond acceptors (Lipinski definition) is 7. The van der Waals surface area contributed by atoms with Gasteiger partial charge in [0.05, 0.1) is 6.61 Å². The van der Waals surface area contributed by atoms with Gasteiger partial charge in [-0.15, -0.1) is 0 Å². The average molecular weight is 318 g/mol. The smallest absolute Gasteiger partial charge is 0.190 e. The molecule has 3 heterocycles. The van der Waals surface area contributed by atoms with E-state index in [9.17, 15) is 0 Å². The van der Waals surface area contributed by atoms with Gasteiger partial charge in [-0.1, -0.05) is 0 Å². The van der Waals surface area contributed by atoms with Crippen molar-refractivity contribution >= 4 is 0 Å². The zero-order chi connectivity index (χ0) is 16.0. The Morgan fingerprint density at radius 1 is 1.05 bits per heavy atom. The predicted molar refractivity (Wildman–Crippen MR) is 75.0 cm³/mol. The number of rotatable bonds is 5. The molecule has 5 atom stereocenters. The van der Waals surface area contributed by atoms with Crippen LogP contribution in [0.2, 0.25) is 0 Å². The van der Waals surface area contributed by atoms with Crippen LogP contribution in [0, 0.1) is 0 Å². The van der Waals surface area contributed by atoms with E-state index in [0.29, 0.717) is 19.6 Å². The van der Waals surface area contributed by atoms with E-state index in [-0.39, 0.29) is 31.0 Å². The standard InChI is InChI=1S/C15H26O7/c1-14(2)18-8-9(20-14)10-11(17-7-5-6-16)12-13(19-10)22-15(3,4)21-12/h9-13,16H,5-8H2,1-4H3/t9?,10?,11-,12-,13-/m1/s1. The van der Waals surface area contributed by atoms with Crippen LogP contribution in [0.25, 0.3) is 0 Å². The molecule has 0 saturated carbocycles. The van der Waals surface area contributed by atoms with Crippen LogP contribution < -0.4 is 0 Å². The van der Waals surface area contributed by atoms with E-state index in [4.69, 9.17) is 33.5 Å². The molecule has 22 heavy (non-hydrogen) atoms. The quantitative estimate of drug-likeness (QED) is 0.751. The van der Waals surface area contributed by atoms with Crippen LogP contribution in [0.15, 0.2) is 0 Å². The first-order chi connectivity index (χ1) is 10.3. The van der Waals surface area contributed by atoms with Crippen molar-refractivity contribution in [3.63, 3.8) is 0 Å². The van der Waals surface area contributed by atoms with Gasteiger partial charge in [0.15, 0.2) is 17.9 Å². The van der Waals surface area contributed by atoms with Gasteiger partial charge in [0, 0.05) is 13.2 Å². The van der Waals surface area contributed by atoms with E-state index in [1.54, 1.807) is 0 Å². The highest BCUT2D eigenvalue weighted by Crippen LogP contribution is 2.41. The molecule has 7 nitrogen and oxygen atoms in total. The van der Waals surface area contributed by atoms with Crippen LogP contribution in [0.3, 0.4) is 0 Å². The third-order valence-electron chi connectivity index (χ3n) is 4.04. The second-order valence-corrected chi connectivity index (χ2v) is 6.85. The van der Waals surface area contributed by atoms with Crippen molar-refractivity contribution < 1.29 is 33.5 Å². The second-order valence-electron chi connectivity index (χ2n) is 6.85. The molecule has 0 aliphatic carbocycles. The first-order valence-corrected chi connectivity index (χ1v) is 7.87. The molecule has 128 valence electrons. The zero-order valence-electron chi connectivity index (χ0n) is 13.6. The van der Waals surface area contributed by atoms with Crippen LogP contribution in [-0.4, -0.2) is 67.2 Å². The lowest BCUT2D eigenvalue weighted by atomic mass is 10.1. The van der Waals surface area contributed by atoms with Gasteiger partial charge in [-0.2, -0.15) is 0 Å². The van der Waals surface area contributed by atoms with Gasteiger partial charge in [-0.05, 0) is 34.1 Å². The normalized spacial score (nSPS) is 42.7. The minimum Gasteiger partial charge on any atom is -0.396 e. The van der Waals surface area contributed by atoms with Crippen molar-refractivity contribution in [2.75, 3.05) is 19.8 Å². The molecule has 3 aliphatic heterocycles. The highest BCUT2D eigenvalue weighted by molar-refractivity contribution is 4.98. The summed E-state index contributed by atoms with van der Waals surface area (Å²) in [5, 5.41) is 8.94. The molecule has 1 N–H and O–H groups in total. The first kappa shape index (κ1) is 16.6. The number of aliphatic hydroxyl groups excluding tert-OH is 1. The molecular weight excluding hydrogens is 292 g/mol. The van der Waals surface area contributed by atoms with Crippen molar-refractivity contribution in [1.82, 2.24) is 0 Å². The Morgan fingerprint density at radius 3 is 2.45 bits per heavy atom. The maximum atomic E-state index is 8.94. The second kappa shape index (κ2) is 5.98. The summed E-state index contributed by atoms with van der Waals surface area (Å²) in [5.74, 6) is -1.31. The van der Waals surface area contributed by atoms with Crippen LogP contribution in [0.5, 0.6) is 0 Å². The van der Waals surface area contributed by atoms with E-state index in [0.717, 1.165) is 0 Å². The van der Waals surface area contributed by atoms with Crippen molar-refractivity contribution in [1.29, 1.82) is 0 Å². The molecule has 3 aliphatic rings. The Balaban J connectivity index is 1.69. The fourth-order valence-corrected chi connectivity index (χ4v) is 3.15. The van der Waals surface area contributed by atoms with E-state index in [1.807, 2.05) is 27.7 Å². The first-order valence-electron chi connectivity index (χ1n) is 7.87. The van der Waals surface area contributed by atoms with E-state index >= 15 is 0 Å². The molecule has 0 radical (unpaired) electrons. The molecule has 3 rings (SSSR count). The molecule has 0 spiro atoms. The number of aliphatic hydroxyl groups is 1. The van der Waals surface area contributed by atoms with Gasteiger partial charge in [0.1, 0.15) is 24.4 Å². The molecule has 7 heteroatoms. The maximum absolute atomic E-state index is 8.94. The van der Waals surface area contributed by atoms with Gasteiger partial charge < -0.3 is 33.5 Å². The largest absolute Gasteiger partial charge is 0.396 e. The highest BCUT2D eigenvalue weighted by Gasteiger charge is 2.58. The van der Waals surface area contributed by atoms with Gasteiger partial charge >= 0.3 is 0 Å². The van der Waals surface area contributed by atoms with Crippen molar-refractivity contribution in [2.24, 2.45) is 0 Å². The van der Waals surface area contributed by atoms with E-state index in [1.165, 1.54) is 0 Å². The lowest BCUT2D eigenvalue weighted by Crippen LogP contribution is -2.44. The molecular formula is C15H26O7. The Bertz CT molecular complexity index is 397. The highest BCUT2D eigenvalue weighted by atomic mass is 16.8. The summed E-state index contributed by atoms with van der Waals surface area (Å²) < 4.78 is 35.1. The van der Waals surface area contributed by atoms with Gasteiger partial charge in [-0.3, -0.25) is 0 Å². The fourth-order valence-electron chi connectivity index (χ4n) is 3.15. The fraction of sp³-hybridized carbons (Fsp3) is 1.00. The molecule has 0 bridgehead atoms. The van der Waals surface area contributed by atoms with Crippen LogP contribution in [0.4, 0.5) is 0 Å². The molecule has 3 saturated heterocycles. The monoisotopic (exact) mass is 318 g/mol. The summed E-state index contributed by atoms with van der Waals surface area (Å²) in [6.45, 7) is 8.43. The number of ether oxygens (including phenoxy) is 6. The minimum atomic E-state index is -0.689. The van der Waals surface area contributed by atoms with Gasteiger partial charge in [0.25, 0.3) is 0 Å². The lowest BCUT2D eigenvalue weighted by molar-refractivity contribution is -0.236. The Kier molecular flexibility index (Phi) is 4.50. The lowest BCUT2D eigenvalue weighted by Gasteiger charge is -2.29. The SMILES string of the molecule is CC1(C)OCC(C2O[C@@H]3OC(C)(C)O[C@@H]3[C@@H]2OCCCO)O1. The third-order valence-corrected chi connectivity index (χ3v) is 4.04. The average Bonchev–Trinajstić information content (AvgIpc) is 3.01. The topological polar surface area (TPSA) is 75.6 Å². The third kappa shape index (κ3) is 3.31. The van der Waals surface area contributed by atoms with E-state index in [2.05, 4.69) is 0 Å². The van der Waals surface area contributed by atoms with Crippen LogP contribution in [0.1, 0.15) is 34.1 Å². The van der Waals surface area contributed by atoms with Crippen LogP contribution >= 0.6 is 0 Å². The molecule has 2 unspecified atom stereocenters. The molecule has 3 fully saturated rings. The van der Waals surface area contributed by atoms with Crippen LogP contribution in [-0.2, 0) is 28.4 Å². The summed E-state index contributed by atoms with van der Waals surface area (Å²) in [5.41, 5.74) is 0. The number of hydrogen-bond donors (Lipinski definition) is 1. The maximum Gasteiger partial charge on any atom is 0.190 e. The summed E-state index contributed by atoms with van der Waals surface area (Å²) >= 11 is 0. The molecule has 0 aromatic carbocycles. The summed E-state index contributed by atoms with van der Waals surface area (Å²) in [6, 6.07) is 0. The summed E-state index contributed by atoms with van der Waals surface area (Å²) in [6.07, 6.45) is -1.04.